The summed E-state index contributed by atoms with van der Waals surface area (Å²) in [5, 5.41) is 7.61. The van der Waals surface area contributed by atoms with E-state index in [0.717, 1.165) is 22.6 Å². The highest BCUT2D eigenvalue weighted by atomic mass is 32.1. The van der Waals surface area contributed by atoms with Gasteiger partial charge in [0.1, 0.15) is 5.75 Å². The van der Waals surface area contributed by atoms with Crippen LogP contribution in [0.2, 0.25) is 0 Å². The van der Waals surface area contributed by atoms with Crippen LogP contribution in [0.15, 0.2) is 53.6 Å². The number of hydrazone groups is 1. The molecule has 0 atom stereocenters. The quantitative estimate of drug-likeness (QED) is 0.516. The summed E-state index contributed by atoms with van der Waals surface area (Å²) in [4.78, 5) is 0. The van der Waals surface area contributed by atoms with Crippen molar-refractivity contribution in [1.29, 1.82) is 0 Å². The van der Waals surface area contributed by atoms with Gasteiger partial charge in [0, 0.05) is 5.69 Å². The van der Waals surface area contributed by atoms with E-state index in [1.54, 1.807) is 13.3 Å². The van der Waals surface area contributed by atoms with Crippen LogP contribution in [0.1, 0.15) is 11.1 Å². The van der Waals surface area contributed by atoms with E-state index in [1.165, 1.54) is 0 Å². The van der Waals surface area contributed by atoms with E-state index in [2.05, 4.69) is 15.8 Å². The van der Waals surface area contributed by atoms with Crippen LogP contribution >= 0.6 is 12.2 Å². The molecule has 0 aliphatic heterocycles. The Kier molecular flexibility index (Phi) is 5.29. The lowest BCUT2D eigenvalue weighted by Gasteiger charge is -2.07. The minimum atomic E-state index is 0.435. The lowest BCUT2D eigenvalue weighted by Crippen LogP contribution is -2.23. The average Bonchev–Trinajstić information content (AvgIpc) is 2.50. The summed E-state index contributed by atoms with van der Waals surface area (Å²) in [7, 11) is 1.63. The zero-order valence-electron chi connectivity index (χ0n) is 12.0. The molecule has 0 unspecified atom stereocenters. The molecule has 2 aromatic carbocycles. The molecule has 21 heavy (non-hydrogen) atoms. The molecule has 0 aliphatic carbocycles. The third-order valence-corrected chi connectivity index (χ3v) is 3.10. The summed E-state index contributed by atoms with van der Waals surface area (Å²) >= 11 is 5.18. The van der Waals surface area contributed by atoms with E-state index in [-0.39, 0.29) is 0 Å². The predicted molar refractivity (Wildman–Crippen MR) is 91.1 cm³/mol. The van der Waals surface area contributed by atoms with Gasteiger partial charge in [0.2, 0.25) is 0 Å². The van der Waals surface area contributed by atoms with Crippen LogP contribution in [-0.4, -0.2) is 18.4 Å². The van der Waals surface area contributed by atoms with Crippen LogP contribution in [0.3, 0.4) is 0 Å². The van der Waals surface area contributed by atoms with E-state index < -0.39 is 0 Å². The molecular weight excluding hydrogens is 282 g/mol. The number of ether oxygens (including phenoxy) is 1. The molecule has 0 fully saturated rings. The molecule has 0 amide bonds. The molecule has 108 valence electrons. The van der Waals surface area contributed by atoms with Crippen molar-refractivity contribution in [2.24, 2.45) is 5.10 Å². The van der Waals surface area contributed by atoms with Crippen molar-refractivity contribution >= 4 is 29.2 Å². The van der Waals surface area contributed by atoms with Crippen molar-refractivity contribution in [3.63, 3.8) is 0 Å². The summed E-state index contributed by atoms with van der Waals surface area (Å²) in [6.07, 6.45) is 1.75. The fourth-order valence-corrected chi connectivity index (χ4v) is 1.90. The van der Waals surface area contributed by atoms with Crippen LogP contribution in [-0.2, 0) is 0 Å². The number of methoxy groups -OCH3 is 1. The standard InChI is InChI=1S/C16H17N3OS/c1-12-5-3-4-6-13(12)11-17-19-16(21)18-14-7-9-15(20-2)10-8-14/h3-11H,1-2H3,(H2,18,19,21)/b17-11-. The van der Waals surface area contributed by atoms with E-state index in [1.807, 2.05) is 55.5 Å². The lowest BCUT2D eigenvalue weighted by molar-refractivity contribution is 0.415. The predicted octanol–water partition coefficient (Wildman–Crippen LogP) is 3.32. The summed E-state index contributed by atoms with van der Waals surface area (Å²) in [5.41, 5.74) is 5.89. The molecule has 0 spiro atoms. The first-order valence-electron chi connectivity index (χ1n) is 6.49. The number of hydrogen-bond donors (Lipinski definition) is 2. The second-order valence-electron chi connectivity index (χ2n) is 4.41. The smallest absolute Gasteiger partial charge is 0.191 e. The number of anilines is 1. The first-order valence-corrected chi connectivity index (χ1v) is 6.89. The van der Waals surface area contributed by atoms with Crippen LogP contribution in [0.5, 0.6) is 5.75 Å². The highest BCUT2D eigenvalue weighted by Gasteiger charge is 1.97. The third kappa shape index (κ3) is 4.57. The molecule has 2 rings (SSSR count). The second kappa shape index (κ2) is 7.40. The van der Waals surface area contributed by atoms with Gasteiger partial charge in [0.05, 0.1) is 13.3 Å². The lowest BCUT2D eigenvalue weighted by atomic mass is 10.1. The van der Waals surface area contributed by atoms with Crippen LogP contribution < -0.4 is 15.5 Å². The topological polar surface area (TPSA) is 45.6 Å². The maximum absolute atomic E-state index is 5.18. The molecule has 0 aromatic heterocycles. The Bertz CT molecular complexity index is 638. The molecule has 4 nitrogen and oxygen atoms in total. The number of nitrogens with zero attached hydrogens (tertiary/aromatic N) is 1. The molecule has 0 aliphatic rings. The first kappa shape index (κ1) is 15.0. The SMILES string of the molecule is COc1ccc(NC(=S)N/N=C\c2ccccc2C)cc1. The Labute approximate surface area is 129 Å². The van der Waals surface area contributed by atoms with Crippen molar-refractivity contribution in [3.8, 4) is 5.75 Å². The zero-order valence-corrected chi connectivity index (χ0v) is 12.8. The summed E-state index contributed by atoms with van der Waals surface area (Å²) in [6, 6.07) is 15.5. The monoisotopic (exact) mass is 299 g/mol. The number of rotatable bonds is 4. The number of nitrogens with one attached hydrogen (secondary N) is 2. The maximum Gasteiger partial charge on any atom is 0.191 e. The first-order chi connectivity index (χ1) is 10.2. The van der Waals surface area contributed by atoms with E-state index >= 15 is 0 Å². The van der Waals surface area contributed by atoms with Crippen LogP contribution in [0.4, 0.5) is 5.69 Å². The van der Waals surface area contributed by atoms with Crippen molar-refractivity contribution < 1.29 is 4.74 Å². The molecule has 0 radical (unpaired) electrons. The van der Waals surface area contributed by atoms with Gasteiger partial charge >= 0.3 is 0 Å². The van der Waals surface area contributed by atoms with Gasteiger partial charge in [-0.3, -0.25) is 5.43 Å². The third-order valence-electron chi connectivity index (χ3n) is 2.91. The summed E-state index contributed by atoms with van der Waals surface area (Å²) in [6.45, 7) is 2.04. The Morgan fingerprint density at radius 1 is 1.14 bits per heavy atom. The van der Waals surface area contributed by atoms with Gasteiger partial charge in [-0.15, -0.1) is 0 Å². The van der Waals surface area contributed by atoms with Crippen LogP contribution in [0.25, 0.3) is 0 Å². The molecular formula is C16H17N3OS. The minimum absolute atomic E-state index is 0.435. The van der Waals surface area contributed by atoms with Gasteiger partial charge in [-0.1, -0.05) is 24.3 Å². The molecule has 0 saturated carbocycles. The summed E-state index contributed by atoms with van der Waals surface area (Å²) < 4.78 is 5.10. The zero-order chi connectivity index (χ0) is 15.1. The number of thiocarbonyl (C=S) groups is 1. The molecule has 2 N–H and O–H groups in total. The maximum atomic E-state index is 5.18. The number of benzene rings is 2. The highest BCUT2D eigenvalue weighted by molar-refractivity contribution is 7.80. The van der Waals surface area contributed by atoms with Crippen molar-refractivity contribution in [1.82, 2.24) is 5.43 Å². The molecule has 0 heterocycles. The van der Waals surface area contributed by atoms with Gasteiger partial charge in [-0.05, 0) is 54.5 Å². The van der Waals surface area contributed by atoms with Crippen molar-refractivity contribution in [3.05, 3.63) is 59.7 Å². The van der Waals surface area contributed by atoms with E-state index in [9.17, 15) is 0 Å². The van der Waals surface area contributed by atoms with Gasteiger partial charge in [0.15, 0.2) is 5.11 Å². The second-order valence-corrected chi connectivity index (χ2v) is 4.82. The number of aryl methyl sites for hydroxylation is 1. The normalized spacial score (nSPS) is 10.4. The largest absolute Gasteiger partial charge is 0.497 e. The molecule has 0 bridgehead atoms. The Morgan fingerprint density at radius 3 is 2.52 bits per heavy atom. The Hall–Kier alpha value is -2.40. The number of hydrogen-bond acceptors (Lipinski definition) is 3. The minimum Gasteiger partial charge on any atom is -0.497 e. The Morgan fingerprint density at radius 2 is 1.86 bits per heavy atom. The van der Waals surface area contributed by atoms with Crippen LogP contribution in [0, 0.1) is 6.92 Å². The molecule has 5 heteroatoms. The van der Waals surface area contributed by atoms with E-state index in [0.29, 0.717) is 5.11 Å². The Balaban J connectivity index is 1.88. The van der Waals surface area contributed by atoms with Gasteiger partial charge in [0.25, 0.3) is 0 Å². The molecule has 0 saturated heterocycles. The van der Waals surface area contributed by atoms with Crippen molar-refractivity contribution in [2.45, 2.75) is 6.92 Å². The van der Waals surface area contributed by atoms with Gasteiger partial charge in [-0.25, -0.2) is 0 Å². The molecule has 2 aromatic rings. The van der Waals surface area contributed by atoms with E-state index in [4.69, 9.17) is 17.0 Å². The van der Waals surface area contributed by atoms with Gasteiger partial charge in [-0.2, -0.15) is 5.10 Å². The highest BCUT2D eigenvalue weighted by Crippen LogP contribution is 2.14. The van der Waals surface area contributed by atoms with Crippen molar-refractivity contribution in [2.75, 3.05) is 12.4 Å². The fraction of sp³-hybridized carbons (Fsp3) is 0.125. The van der Waals surface area contributed by atoms with Gasteiger partial charge < -0.3 is 10.1 Å². The fourth-order valence-electron chi connectivity index (χ4n) is 1.73. The summed E-state index contributed by atoms with van der Waals surface area (Å²) in [5.74, 6) is 0.803. The average molecular weight is 299 g/mol.